The first-order valence-electron chi connectivity index (χ1n) is 11.6. The highest BCUT2D eigenvalue weighted by Gasteiger charge is 2.26. The first-order chi connectivity index (χ1) is 14.7. The second-order valence-corrected chi connectivity index (χ2v) is 9.04. The zero-order chi connectivity index (χ0) is 20.6. The SMILES string of the molecule is O=C(CN1CCCC(CCc2ccccc2)C1)NC1CCN(Cc2ccccc2)C1. The number of piperidine rings is 1. The van der Waals surface area contributed by atoms with E-state index in [0.717, 1.165) is 45.6 Å². The van der Waals surface area contributed by atoms with Crippen LogP contribution < -0.4 is 5.32 Å². The number of likely N-dealkylation sites (tertiary alicyclic amines) is 2. The van der Waals surface area contributed by atoms with Crippen LogP contribution in [0.15, 0.2) is 60.7 Å². The Morgan fingerprint density at radius 1 is 0.867 bits per heavy atom. The van der Waals surface area contributed by atoms with Crippen molar-refractivity contribution in [2.24, 2.45) is 5.92 Å². The molecule has 2 aliphatic heterocycles. The number of nitrogens with zero attached hydrogens (tertiary/aromatic N) is 2. The molecule has 30 heavy (non-hydrogen) atoms. The van der Waals surface area contributed by atoms with Gasteiger partial charge < -0.3 is 5.32 Å². The van der Waals surface area contributed by atoms with Gasteiger partial charge in [0.2, 0.25) is 5.91 Å². The Balaban J connectivity index is 1.17. The lowest BCUT2D eigenvalue weighted by Gasteiger charge is -2.32. The number of aryl methyl sites for hydroxylation is 1. The van der Waals surface area contributed by atoms with E-state index in [1.807, 2.05) is 0 Å². The van der Waals surface area contributed by atoms with E-state index in [9.17, 15) is 4.79 Å². The van der Waals surface area contributed by atoms with Crippen LogP contribution in [0.5, 0.6) is 0 Å². The molecule has 2 aromatic carbocycles. The normalized spacial score (nSPS) is 22.8. The molecular weight excluding hydrogens is 370 g/mol. The fourth-order valence-corrected chi connectivity index (χ4v) is 4.96. The minimum atomic E-state index is 0.199. The molecule has 2 aliphatic rings. The van der Waals surface area contributed by atoms with Gasteiger partial charge in [-0.2, -0.15) is 0 Å². The topological polar surface area (TPSA) is 35.6 Å². The Labute approximate surface area is 181 Å². The predicted octanol–water partition coefficient (Wildman–Crippen LogP) is 3.72. The van der Waals surface area contributed by atoms with Gasteiger partial charge in [0.15, 0.2) is 0 Å². The molecule has 2 saturated heterocycles. The van der Waals surface area contributed by atoms with Crippen molar-refractivity contribution >= 4 is 5.91 Å². The summed E-state index contributed by atoms with van der Waals surface area (Å²) in [5.41, 5.74) is 2.77. The van der Waals surface area contributed by atoms with Gasteiger partial charge in [0.05, 0.1) is 6.54 Å². The van der Waals surface area contributed by atoms with E-state index < -0.39 is 0 Å². The van der Waals surface area contributed by atoms with Crippen molar-refractivity contribution in [3.8, 4) is 0 Å². The summed E-state index contributed by atoms with van der Waals surface area (Å²) in [5.74, 6) is 0.907. The Bertz CT molecular complexity index is 779. The average molecular weight is 406 g/mol. The summed E-state index contributed by atoms with van der Waals surface area (Å²) < 4.78 is 0. The maximum absolute atomic E-state index is 12.6. The molecule has 0 bridgehead atoms. The summed E-state index contributed by atoms with van der Waals surface area (Å²) in [4.78, 5) is 17.5. The second-order valence-electron chi connectivity index (χ2n) is 9.04. The second kappa shape index (κ2) is 10.7. The Morgan fingerprint density at radius 3 is 2.37 bits per heavy atom. The van der Waals surface area contributed by atoms with Crippen LogP contribution in [-0.4, -0.2) is 54.5 Å². The van der Waals surface area contributed by atoms with Gasteiger partial charge in [-0.1, -0.05) is 60.7 Å². The van der Waals surface area contributed by atoms with Gasteiger partial charge in [-0.25, -0.2) is 0 Å². The van der Waals surface area contributed by atoms with Crippen molar-refractivity contribution in [2.45, 2.75) is 44.7 Å². The lowest BCUT2D eigenvalue weighted by Crippen LogP contribution is -2.46. The van der Waals surface area contributed by atoms with Gasteiger partial charge in [-0.05, 0) is 55.7 Å². The lowest BCUT2D eigenvalue weighted by atomic mass is 9.91. The third-order valence-electron chi connectivity index (χ3n) is 6.54. The molecule has 4 nitrogen and oxygen atoms in total. The maximum atomic E-state index is 12.6. The van der Waals surface area contributed by atoms with E-state index in [1.54, 1.807) is 0 Å². The molecule has 0 aliphatic carbocycles. The van der Waals surface area contributed by atoms with E-state index in [4.69, 9.17) is 0 Å². The van der Waals surface area contributed by atoms with E-state index in [2.05, 4.69) is 75.8 Å². The molecule has 0 aromatic heterocycles. The fourth-order valence-electron chi connectivity index (χ4n) is 4.96. The number of hydrogen-bond donors (Lipinski definition) is 1. The molecule has 2 fully saturated rings. The molecule has 160 valence electrons. The van der Waals surface area contributed by atoms with Gasteiger partial charge in [-0.3, -0.25) is 14.6 Å². The molecule has 0 saturated carbocycles. The van der Waals surface area contributed by atoms with Crippen LogP contribution >= 0.6 is 0 Å². The smallest absolute Gasteiger partial charge is 0.234 e. The number of benzene rings is 2. The first-order valence-corrected chi connectivity index (χ1v) is 11.6. The van der Waals surface area contributed by atoms with Crippen molar-refractivity contribution in [2.75, 3.05) is 32.7 Å². The van der Waals surface area contributed by atoms with Crippen molar-refractivity contribution in [1.29, 1.82) is 0 Å². The highest BCUT2D eigenvalue weighted by molar-refractivity contribution is 5.78. The van der Waals surface area contributed by atoms with Crippen LogP contribution in [-0.2, 0) is 17.8 Å². The number of carbonyl (C=O) groups excluding carboxylic acids is 1. The summed E-state index contributed by atoms with van der Waals surface area (Å²) in [6.07, 6.45) is 5.92. The minimum absolute atomic E-state index is 0.199. The molecule has 1 N–H and O–H groups in total. The minimum Gasteiger partial charge on any atom is -0.351 e. The molecule has 2 unspecified atom stereocenters. The first kappa shape index (κ1) is 21.1. The van der Waals surface area contributed by atoms with Crippen LogP contribution in [0.3, 0.4) is 0 Å². The van der Waals surface area contributed by atoms with Crippen LogP contribution in [0, 0.1) is 5.92 Å². The molecule has 2 atom stereocenters. The lowest BCUT2D eigenvalue weighted by molar-refractivity contribution is -0.123. The van der Waals surface area contributed by atoms with E-state index in [-0.39, 0.29) is 5.91 Å². The van der Waals surface area contributed by atoms with Crippen LogP contribution in [0.25, 0.3) is 0 Å². The van der Waals surface area contributed by atoms with Gasteiger partial charge in [0, 0.05) is 32.2 Å². The summed E-state index contributed by atoms with van der Waals surface area (Å²) in [6, 6.07) is 21.7. The van der Waals surface area contributed by atoms with Gasteiger partial charge in [0.1, 0.15) is 0 Å². The standard InChI is InChI=1S/C26H35N3O/c30-26(27-25-15-17-29(20-25)18-23-10-5-2-6-11-23)21-28-16-7-12-24(19-28)14-13-22-8-3-1-4-9-22/h1-6,8-11,24-25H,7,12-21H2,(H,27,30). The predicted molar refractivity (Wildman–Crippen MR) is 122 cm³/mol. The van der Waals surface area contributed by atoms with E-state index >= 15 is 0 Å². The van der Waals surface area contributed by atoms with Crippen molar-refractivity contribution in [1.82, 2.24) is 15.1 Å². The summed E-state index contributed by atoms with van der Waals surface area (Å²) in [5, 5.41) is 3.29. The third kappa shape index (κ3) is 6.41. The van der Waals surface area contributed by atoms with Crippen LogP contribution in [0.4, 0.5) is 0 Å². The zero-order valence-electron chi connectivity index (χ0n) is 18.0. The molecule has 0 radical (unpaired) electrons. The van der Waals surface area contributed by atoms with Crippen molar-refractivity contribution in [3.05, 3.63) is 71.8 Å². The molecule has 4 rings (SSSR count). The number of amides is 1. The number of carbonyl (C=O) groups is 1. The number of hydrogen-bond acceptors (Lipinski definition) is 3. The van der Waals surface area contributed by atoms with Crippen molar-refractivity contribution in [3.63, 3.8) is 0 Å². The fraction of sp³-hybridized carbons (Fsp3) is 0.500. The average Bonchev–Trinajstić information content (AvgIpc) is 3.20. The molecule has 2 heterocycles. The van der Waals surface area contributed by atoms with Crippen LogP contribution in [0.1, 0.15) is 36.8 Å². The maximum Gasteiger partial charge on any atom is 0.234 e. The number of nitrogens with one attached hydrogen (secondary N) is 1. The monoisotopic (exact) mass is 405 g/mol. The number of rotatable bonds is 8. The van der Waals surface area contributed by atoms with Crippen molar-refractivity contribution < 1.29 is 4.79 Å². The summed E-state index contributed by atoms with van der Waals surface area (Å²) in [6.45, 7) is 5.66. The third-order valence-corrected chi connectivity index (χ3v) is 6.54. The molecular formula is C26H35N3O. The quantitative estimate of drug-likeness (QED) is 0.727. The summed E-state index contributed by atoms with van der Waals surface area (Å²) >= 11 is 0. The Morgan fingerprint density at radius 2 is 1.60 bits per heavy atom. The Hall–Kier alpha value is -2.17. The summed E-state index contributed by atoms with van der Waals surface area (Å²) in [7, 11) is 0. The molecule has 0 spiro atoms. The van der Waals surface area contributed by atoms with Gasteiger partial charge >= 0.3 is 0 Å². The molecule has 1 amide bonds. The highest BCUT2D eigenvalue weighted by atomic mass is 16.2. The zero-order valence-corrected chi connectivity index (χ0v) is 18.0. The molecule has 2 aromatic rings. The van der Waals surface area contributed by atoms with Gasteiger partial charge in [-0.15, -0.1) is 0 Å². The van der Waals surface area contributed by atoms with E-state index in [0.29, 0.717) is 18.5 Å². The van der Waals surface area contributed by atoms with Crippen LogP contribution in [0.2, 0.25) is 0 Å². The Kier molecular flexibility index (Phi) is 7.54. The highest BCUT2D eigenvalue weighted by Crippen LogP contribution is 2.21. The van der Waals surface area contributed by atoms with Gasteiger partial charge in [0.25, 0.3) is 0 Å². The largest absolute Gasteiger partial charge is 0.351 e. The van der Waals surface area contributed by atoms with E-state index in [1.165, 1.54) is 30.4 Å². The molecule has 4 heteroatoms.